The summed E-state index contributed by atoms with van der Waals surface area (Å²) in [6.07, 6.45) is 0.649. The molecule has 0 saturated carbocycles. The molecular weight excluding hydrogens is 288 g/mol. The number of amides is 2. The van der Waals surface area contributed by atoms with E-state index in [0.717, 1.165) is 5.56 Å². The maximum Gasteiger partial charge on any atom is 0.246 e. The number of nitrogens with one attached hydrogen (secondary N) is 1. The molecule has 4 nitrogen and oxygen atoms in total. The highest BCUT2D eigenvalue weighted by Gasteiger charge is 2.38. The molecule has 5 heteroatoms. The molecule has 0 aliphatic carbocycles. The summed E-state index contributed by atoms with van der Waals surface area (Å²) >= 11 is 6.16. The van der Waals surface area contributed by atoms with Gasteiger partial charge in [0, 0.05) is 11.6 Å². The van der Waals surface area contributed by atoms with Crippen LogP contribution in [0.25, 0.3) is 0 Å². The predicted molar refractivity (Wildman–Crippen MR) is 82.8 cm³/mol. The molecule has 0 bridgehead atoms. The zero-order chi connectivity index (χ0) is 15.6. The Bertz CT molecular complexity index is 545. The van der Waals surface area contributed by atoms with Gasteiger partial charge in [-0.2, -0.15) is 0 Å². The number of hydrogen-bond acceptors (Lipinski definition) is 2. The molecule has 2 atom stereocenters. The second-order valence-electron chi connectivity index (χ2n) is 5.92. The summed E-state index contributed by atoms with van der Waals surface area (Å²) in [4.78, 5) is 26.3. The Morgan fingerprint density at radius 3 is 2.57 bits per heavy atom. The van der Waals surface area contributed by atoms with E-state index in [1.165, 1.54) is 0 Å². The van der Waals surface area contributed by atoms with Crippen LogP contribution >= 0.6 is 11.6 Å². The smallest absolute Gasteiger partial charge is 0.246 e. The van der Waals surface area contributed by atoms with E-state index in [0.29, 0.717) is 23.9 Å². The van der Waals surface area contributed by atoms with Crippen molar-refractivity contribution < 1.29 is 9.59 Å². The van der Waals surface area contributed by atoms with Gasteiger partial charge in [-0.1, -0.05) is 43.6 Å². The second kappa shape index (κ2) is 6.48. The van der Waals surface area contributed by atoms with E-state index in [2.05, 4.69) is 5.32 Å². The third-order valence-electron chi connectivity index (χ3n) is 3.75. The molecule has 2 rings (SSSR count). The van der Waals surface area contributed by atoms with Crippen LogP contribution in [0.1, 0.15) is 32.8 Å². The maximum atomic E-state index is 12.6. The summed E-state index contributed by atoms with van der Waals surface area (Å²) in [7, 11) is 0. The molecule has 1 fully saturated rings. The second-order valence-corrected chi connectivity index (χ2v) is 6.33. The summed E-state index contributed by atoms with van der Waals surface area (Å²) in [6, 6.07) is 6.50. The van der Waals surface area contributed by atoms with Crippen LogP contribution in [0.2, 0.25) is 5.02 Å². The fourth-order valence-corrected chi connectivity index (χ4v) is 2.74. The number of carbonyl (C=O) groups is 2. The minimum Gasteiger partial charge on any atom is -0.343 e. The number of benzene rings is 1. The summed E-state index contributed by atoms with van der Waals surface area (Å²) < 4.78 is 0. The minimum atomic E-state index is -0.475. The van der Waals surface area contributed by atoms with Gasteiger partial charge in [-0.25, -0.2) is 0 Å². The normalized spacial score (nSPS) is 22.6. The van der Waals surface area contributed by atoms with Crippen molar-refractivity contribution in [3.8, 4) is 0 Å². The predicted octanol–water partition coefficient (Wildman–Crippen LogP) is 2.60. The number of rotatable bonds is 4. The first-order chi connectivity index (χ1) is 9.90. The van der Waals surface area contributed by atoms with Crippen molar-refractivity contribution in [3.63, 3.8) is 0 Å². The number of carbonyl (C=O) groups excluding carboxylic acids is 2. The van der Waals surface area contributed by atoms with Gasteiger partial charge in [-0.05, 0) is 30.9 Å². The topological polar surface area (TPSA) is 49.4 Å². The first kappa shape index (κ1) is 15.8. The molecule has 2 unspecified atom stereocenters. The molecule has 1 aromatic carbocycles. The van der Waals surface area contributed by atoms with Crippen molar-refractivity contribution in [2.75, 3.05) is 0 Å². The van der Waals surface area contributed by atoms with Crippen molar-refractivity contribution in [1.29, 1.82) is 0 Å². The van der Waals surface area contributed by atoms with Gasteiger partial charge in [0.2, 0.25) is 11.8 Å². The van der Waals surface area contributed by atoms with Crippen LogP contribution in [0.3, 0.4) is 0 Å². The minimum absolute atomic E-state index is 0.0317. The fourth-order valence-electron chi connectivity index (χ4n) is 2.54. The molecule has 1 heterocycles. The molecule has 1 aliphatic heterocycles. The van der Waals surface area contributed by atoms with Crippen molar-refractivity contribution in [2.24, 2.45) is 5.92 Å². The molecule has 1 aliphatic rings. The largest absolute Gasteiger partial charge is 0.343 e. The highest BCUT2D eigenvalue weighted by atomic mass is 35.5. The Balaban J connectivity index is 2.21. The number of halogens is 1. The number of piperazine rings is 1. The zero-order valence-corrected chi connectivity index (χ0v) is 13.4. The molecule has 1 N–H and O–H groups in total. The molecule has 0 aromatic heterocycles. The van der Waals surface area contributed by atoms with E-state index in [1.54, 1.807) is 17.9 Å². The third kappa shape index (κ3) is 3.56. The van der Waals surface area contributed by atoms with E-state index >= 15 is 0 Å². The first-order valence-corrected chi connectivity index (χ1v) is 7.62. The SMILES string of the molecule is CC(C)CC1NC(=O)C(C)N(Cc2ccccc2Cl)C1=O. The first-order valence-electron chi connectivity index (χ1n) is 7.24. The molecule has 0 spiro atoms. The van der Waals surface area contributed by atoms with Gasteiger partial charge in [0.05, 0.1) is 0 Å². The summed E-state index contributed by atoms with van der Waals surface area (Å²) in [5, 5.41) is 3.43. The van der Waals surface area contributed by atoms with Gasteiger partial charge in [0.15, 0.2) is 0 Å². The van der Waals surface area contributed by atoms with Crippen LogP contribution in [0, 0.1) is 5.92 Å². The summed E-state index contributed by atoms with van der Waals surface area (Å²) in [5.74, 6) is 0.206. The average Bonchev–Trinajstić information content (AvgIpc) is 2.42. The number of nitrogens with zero attached hydrogens (tertiary/aromatic N) is 1. The van der Waals surface area contributed by atoms with Crippen molar-refractivity contribution >= 4 is 23.4 Å². The molecule has 1 aromatic rings. The van der Waals surface area contributed by atoms with E-state index in [4.69, 9.17) is 11.6 Å². The van der Waals surface area contributed by atoms with Crippen molar-refractivity contribution in [3.05, 3.63) is 34.9 Å². The van der Waals surface area contributed by atoms with Crippen LogP contribution in [0.4, 0.5) is 0 Å². The zero-order valence-electron chi connectivity index (χ0n) is 12.6. The van der Waals surface area contributed by atoms with E-state index in [9.17, 15) is 9.59 Å². The quantitative estimate of drug-likeness (QED) is 0.929. The molecule has 2 amide bonds. The van der Waals surface area contributed by atoms with E-state index in [-0.39, 0.29) is 11.8 Å². The lowest BCUT2D eigenvalue weighted by Crippen LogP contribution is -2.62. The number of hydrogen-bond donors (Lipinski definition) is 1. The fraction of sp³-hybridized carbons (Fsp3) is 0.500. The highest BCUT2D eigenvalue weighted by molar-refractivity contribution is 6.31. The lowest BCUT2D eigenvalue weighted by atomic mass is 9.98. The van der Waals surface area contributed by atoms with E-state index in [1.807, 2.05) is 32.0 Å². The Labute approximate surface area is 130 Å². The molecule has 1 saturated heterocycles. The molecule has 21 heavy (non-hydrogen) atoms. The Morgan fingerprint density at radius 2 is 1.95 bits per heavy atom. The molecule has 114 valence electrons. The van der Waals surface area contributed by atoms with Crippen LogP contribution < -0.4 is 5.32 Å². The van der Waals surface area contributed by atoms with Crippen molar-refractivity contribution in [2.45, 2.75) is 45.8 Å². The van der Waals surface area contributed by atoms with Gasteiger partial charge in [0.1, 0.15) is 12.1 Å². The van der Waals surface area contributed by atoms with Crippen LogP contribution in [0.5, 0.6) is 0 Å². The van der Waals surface area contributed by atoms with Gasteiger partial charge in [0.25, 0.3) is 0 Å². The van der Waals surface area contributed by atoms with Gasteiger partial charge >= 0.3 is 0 Å². The van der Waals surface area contributed by atoms with Gasteiger partial charge in [-0.3, -0.25) is 9.59 Å². The summed E-state index contributed by atoms with van der Waals surface area (Å²) in [5.41, 5.74) is 0.859. The monoisotopic (exact) mass is 308 g/mol. The van der Waals surface area contributed by atoms with Crippen LogP contribution in [-0.4, -0.2) is 28.8 Å². The molecular formula is C16H21ClN2O2. The lowest BCUT2D eigenvalue weighted by molar-refractivity contribution is -0.149. The highest BCUT2D eigenvalue weighted by Crippen LogP contribution is 2.22. The van der Waals surface area contributed by atoms with Crippen molar-refractivity contribution in [1.82, 2.24) is 10.2 Å². The Morgan fingerprint density at radius 1 is 1.29 bits per heavy atom. The lowest BCUT2D eigenvalue weighted by Gasteiger charge is -2.38. The molecule has 0 radical (unpaired) electrons. The Hall–Kier alpha value is -1.55. The summed E-state index contributed by atoms with van der Waals surface area (Å²) in [6.45, 7) is 6.18. The van der Waals surface area contributed by atoms with Crippen LogP contribution in [0.15, 0.2) is 24.3 Å². The van der Waals surface area contributed by atoms with Crippen LogP contribution in [-0.2, 0) is 16.1 Å². The van der Waals surface area contributed by atoms with Gasteiger partial charge in [-0.15, -0.1) is 0 Å². The third-order valence-corrected chi connectivity index (χ3v) is 4.12. The average molecular weight is 309 g/mol. The van der Waals surface area contributed by atoms with Gasteiger partial charge < -0.3 is 10.2 Å². The van der Waals surface area contributed by atoms with E-state index < -0.39 is 12.1 Å². The standard InChI is InChI=1S/C16H21ClN2O2/c1-10(2)8-14-16(21)19(11(3)15(20)18-14)9-12-6-4-5-7-13(12)17/h4-7,10-11,14H,8-9H2,1-3H3,(H,18,20). The maximum absolute atomic E-state index is 12.6. The Kier molecular flexibility index (Phi) is 4.88.